The minimum atomic E-state index is -0.903. The van der Waals surface area contributed by atoms with E-state index in [1.54, 1.807) is 6.20 Å². The van der Waals surface area contributed by atoms with Crippen LogP contribution in [0.1, 0.15) is 17.4 Å². The summed E-state index contributed by atoms with van der Waals surface area (Å²) >= 11 is 0. The predicted octanol–water partition coefficient (Wildman–Crippen LogP) is -0.123. The molecule has 4 rings (SSSR count). The summed E-state index contributed by atoms with van der Waals surface area (Å²) in [5.41, 5.74) is 2.34. The Morgan fingerprint density at radius 3 is 3.00 bits per heavy atom. The first kappa shape index (κ1) is 16.2. The monoisotopic (exact) mass is 346 g/mol. The van der Waals surface area contributed by atoms with E-state index in [4.69, 9.17) is 4.74 Å². The minimum Gasteiger partial charge on any atom is -0.480 e. The van der Waals surface area contributed by atoms with Gasteiger partial charge in [0.2, 0.25) is 0 Å². The zero-order valence-electron chi connectivity index (χ0n) is 13.9. The number of carboxylic acids is 1. The van der Waals surface area contributed by atoms with Crippen LogP contribution in [0.25, 0.3) is 11.4 Å². The van der Waals surface area contributed by atoms with Crippen molar-refractivity contribution in [1.82, 2.24) is 30.0 Å². The first-order chi connectivity index (χ1) is 12.2. The Labute approximate surface area is 145 Å². The van der Waals surface area contributed by atoms with Gasteiger partial charge < -0.3 is 14.8 Å². The van der Waals surface area contributed by atoms with Gasteiger partial charge in [-0.2, -0.15) is 5.10 Å². The summed E-state index contributed by atoms with van der Waals surface area (Å²) in [4.78, 5) is 21.5. The Morgan fingerprint density at radius 1 is 1.36 bits per heavy atom. The fourth-order valence-electron chi connectivity index (χ4n) is 3.31. The van der Waals surface area contributed by atoms with Crippen molar-refractivity contribution in [3.8, 4) is 11.4 Å². The van der Waals surface area contributed by atoms with Gasteiger partial charge in [0.15, 0.2) is 6.04 Å². The highest BCUT2D eigenvalue weighted by Crippen LogP contribution is 2.25. The third-order valence-electron chi connectivity index (χ3n) is 4.71. The fourth-order valence-corrected chi connectivity index (χ4v) is 3.31. The van der Waals surface area contributed by atoms with Gasteiger partial charge in [0, 0.05) is 44.5 Å². The molecule has 2 aromatic heterocycles. The van der Waals surface area contributed by atoms with E-state index in [0.29, 0.717) is 18.1 Å². The van der Waals surface area contributed by atoms with E-state index >= 15 is 0 Å². The topological polar surface area (TPSA) is 108 Å². The summed E-state index contributed by atoms with van der Waals surface area (Å²) in [6.45, 7) is 5.88. The Bertz CT molecular complexity index is 749. The molecule has 0 aromatic carbocycles. The summed E-state index contributed by atoms with van der Waals surface area (Å²) in [7, 11) is 0. The normalized spacial score (nSPS) is 21.2. The lowest BCUT2D eigenvalue weighted by Crippen LogP contribution is -2.38. The molecule has 2 aliphatic heterocycles. The van der Waals surface area contributed by atoms with Gasteiger partial charge in [-0.3, -0.25) is 19.7 Å². The fraction of sp³-hybridized carbons (Fsp3) is 0.562. The third kappa shape index (κ3) is 3.44. The zero-order valence-corrected chi connectivity index (χ0v) is 13.9. The third-order valence-corrected chi connectivity index (χ3v) is 4.71. The summed E-state index contributed by atoms with van der Waals surface area (Å²) < 4.78 is 7.26. The number of ether oxygens (including phenoxy) is 1. The minimum absolute atomic E-state index is 0.579. The van der Waals surface area contributed by atoms with Gasteiger partial charge in [0.25, 0.3) is 0 Å². The highest BCUT2D eigenvalue weighted by Gasteiger charge is 2.29. The zero-order chi connectivity index (χ0) is 17.2. The largest absolute Gasteiger partial charge is 0.480 e. The van der Waals surface area contributed by atoms with Crippen LogP contribution in [0.5, 0.6) is 0 Å². The number of carbonyl (C=O) groups is 1. The van der Waals surface area contributed by atoms with Gasteiger partial charge in [0.1, 0.15) is 5.82 Å². The van der Waals surface area contributed by atoms with E-state index in [1.807, 2.05) is 10.9 Å². The van der Waals surface area contributed by atoms with Gasteiger partial charge in [-0.15, -0.1) is 0 Å². The molecule has 134 valence electrons. The van der Waals surface area contributed by atoms with Crippen LogP contribution in [0.3, 0.4) is 0 Å². The average molecular weight is 346 g/mol. The van der Waals surface area contributed by atoms with E-state index in [2.05, 4.69) is 25.3 Å². The van der Waals surface area contributed by atoms with Gasteiger partial charge in [-0.05, 0) is 0 Å². The van der Waals surface area contributed by atoms with Crippen LogP contribution >= 0.6 is 0 Å². The number of aliphatic carboxylic acids is 1. The van der Waals surface area contributed by atoms with E-state index in [0.717, 1.165) is 57.1 Å². The Morgan fingerprint density at radius 2 is 2.20 bits per heavy atom. The second-order valence-corrected chi connectivity index (χ2v) is 6.37. The number of H-pyrrole nitrogens is 1. The number of hydrogen-bond acceptors (Lipinski definition) is 6. The molecule has 0 spiro atoms. The van der Waals surface area contributed by atoms with Crippen molar-refractivity contribution in [2.45, 2.75) is 19.0 Å². The molecule has 25 heavy (non-hydrogen) atoms. The van der Waals surface area contributed by atoms with E-state index in [-0.39, 0.29) is 0 Å². The van der Waals surface area contributed by atoms with Crippen molar-refractivity contribution in [3.63, 3.8) is 0 Å². The second kappa shape index (κ2) is 6.95. The maximum atomic E-state index is 11.4. The molecule has 3 N–H and O–H groups in total. The number of hydrogen-bond donors (Lipinski definition) is 3. The summed E-state index contributed by atoms with van der Waals surface area (Å²) in [5, 5.41) is 16.7. The molecule has 0 saturated carbocycles. The Balaban J connectivity index is 1.46. The van der Waals surface area contributed by atoms with Crippen LogP contribution in [-0.4, -0.2) is 75.1 Å². The Hall–Kier alpha value is -2.23. The number of aromatic nitrogens is 4. The maximum Gasteiger partial charge on any atom is 0.327 e. The lowest BCUT2D eigenvalue weighted by Gasteiger charge is -2.26. The number of carboxylic acid groups (broad SMARTS) is 1. The molecule has 0 bridgehead atoms. The molecule has 0 aliphatic carbocycles. The van der Waals surface area contributed by atoms with Crippen LogP contribution < -0.4 is 5.32 Å². The van der Waals surface area contributed by atoms with Crippen LogP contribution in [0, 0.1) is 0 Å². The molecule has 1 saturated heterocycles. The van der Waals surface area contributed by atoms with Gasteiger partial charge in [-0.25, -0.2) is 4.98 Å². The average Bonchev–Trinajstić information content (AvgIpc) is 3.27. The molecule has 4 heterocycles. The number of rotatable bonds is 5. The molecule has 0 unspecified atom stereocenters. The van der Waals surface area contributed by atoms with Crippen molar-refractivity contribution in [1.29, 1.82) is 0 Å². The highest BCUT2D eigenvalue weighted by molar-refractivity contribution is 5.76. The molecule has 2 aliphatic rings. The molecular weight excluding hydrogens is 324 g/mol. The molecule has 2 aromatic rings. The van der Waals surface area contributed by atoms with E-state index in [9.17, 15) is 9.90 Å². The maximum absolute atomic E-state index is 11.4. The lowest BCUT2D eigenvalue weighted by atomic mass is 10.1. The first-order valence-corrected chi connectivity index (χ1v) is 8.58. The number of nitrogens with zero attached hydrogens (tertiary/aromatic N) is 4. The molecular formula is C16H22N6O3. The SMILES string of the molecule is O=C(O)[C@H]1NCCc2[nH]c(-c3cnn(CCN4CCOCC4)c3)nc21. The van der Waals surface area contributed by atoms with Crippen molar-refractivity contribution in [2.24, 2.45) is 0 Å². The van der Waals surface area contributed by atoms with Crippen LogP contribution in [0.15, 0.2) is 12.4 Å². The summed E-state index contributed by atoms with van der Waals surface area (Å²) in [5.74, 6) is -0.224. The molecule has 0 amide bonds. The number of nitrogens with one attached hydrogen (secondary N) is 2. The first-order valence-electron chi connectivity index (χ1n) is 8.58. The molecule has 0 radical (unpaired) electrons. The van der Waals surface area contributed by atoms with Crippen molar-refractivity contribution in [2.75, 3.05) is 39.4 Å². The van der Waals surface area contributed by atoms with Gasteiger partial charge in [0.05, 0.1) is 37.2 Å². The summed E-state index contributed by atoms with van der Waals surface area (Å²) in [6.07, 6.45) is 4.47. The number of morpholine rings is 1. The Kier molecular flexibility index (Phi) is 4.51. The number of imidazole rings is 1. The van der Waals surface area contributed by atoms with Gasteiger partial charge >= 0.3 is 5.97 Å². The van der Waals surface area contributed by atoms with Gasteiger partial charge in [-0.1, -0.05) is 0 Å². The summed E-state index contributed by atoms with van der Waals surface area (Å²) in [6, 6.07) is -0.745. The van der Waals surface area contributed by atoms with Crippen molar-refractivity contribution >= 4 is 5.97 Å². The molecule has 1 fully saturated rings. The smallest absolute Gasteiger partial charge is 0.327 e. The van der Waals surface area contributed by atoms with E-state index in [1.165, 1.54) is 0 Å². The molecule has 1 atom stereocenters. The molecule has 9 nitrogen and oxygen atoms in total. The predicted molar refractivity (Wildman–Crippen MR) is 89.2 cm³/mol. The van der Waals surface area contributed by atoms with Crippen LogP contribution in [-0.2, 0) is 22.5 Å². The second-order valence-electron chi connectivity index (χ2n) is 6.37. The number of fused-ring (bicyclic) bond motifs is 1. The highest BCUT2D eigenvalue weighted by atomic mass is 16.5. The quantitative estimate of drug-likeness (QED) is 0.692. The number of aromatic amines is 1. The standard InChI is InChI=1S/C16H22N6O3/c23-16(24)14-13-12(1-2-17-14)19-15(20-13)11-9-18-22(10-11)4-3-21-5-7-25-8-6-21/h9-10,14,17H,1-8H2,(H,19,20)(H,23,24)/t14-/m0/s1. The van der Waals surface area contributed by atoms with Crippen molar-refractivity contribution in [3.05, 3.63) is 23.8 Å². The molecule has 9 heteroatoms. The lowest BCUT2D eigenvalue weighted by molar-refractivity contribution is -0.139. The van der Waals surface area contributed by atoms with Crippen molar-refractivity contribution < 1.29 is 14.6 Å². The van der Waals surface area contributed by atoms with Crippen LogP contribution in [0.4, 0.5) is 0 Å². The van der Waals surface area contributed by atoms with E-state index < -0.39 is 12.0 Å². The van der Waals surface area contributed by atoms with Crippen LogP contribution in [0.2, 0.25) is 0 Å².